The largest absolute Gasteiger partial charge is 0.383 e. The normalized spacial score (nSPS) is 10.7. The van der Waals surface area contributed by atoms with E-state index in [1.54, 1.807) is 25.4 Å². The number of nitrogens with zero attached hydrogens (tertiary/aromatic N) is 4. The first-order chi connectivity index (χ1) is 9.70. The highest BCUT2D eigenvalue weighted by Crippen LogP contribution is 2.15. The SMILES string of the molecule is COCCNCc1cn(-c2cccc([N+](=O)[O-])c2)nn1. The second kappa shape index (κ2) is 6.73. The van der Waals surface area contributed by atoms with Crippen LogP contribution in [0.4, 0.5) is 5.69 Å². The van der Waals surface area contributed by atoms with E-state index in [9.17, 15) is 10.1 Å². The van der Waals surface area contributed by atoms with Crippen LogP contribution in [-0.4, -0.2) is 40.2 Å². The Labute approximate surface area is 115 Å². The molecular formula is C12H15N5O3. The quantitative estimate of drug-likeness (QED) is 0.459. The van der Waals surface area contributed by atoms with E-state index in [0.717, 1.165) is 12.2 Å². The summed E-state index contributed by atoms with van der Waals surface area (Å²) >= 11 is 0. The van der Waals surface area contributed by atoms with Crippen molar-refractivity contribution in [2.75, 3.05) is 20.3 Å². The molecule has 1 heterocycles. The van der Waals surface area contributed by atoms with Crippen LogP contribution < -0.4 is 5.32 Å². The molecule has 0 unspecified atom stereocenters. The molecule has 0 amide bonds. The van der Waals surface area contributed by atoms with Crippen LogP contribution in [0.2, 0.25) is 0 Å². The van der Waals surface area contributed by atoms with Gasteiger partial charge >= 0.3 is 0 Å². The van der Waals surface area contributed by atoms with Crippen molar-refractivity contribution in [3.63, 3.8) is 0 Å². The maximum atomic E-state index is 10.7. The highest BCUT2D eigenvalue weighted by molar-refractivity contribution is 5.42. The molecule has 2 aromatic rings. The number of nitro groups is 1. The molecule has 0 spiro atoms. The molecule has 0 saturated carbocycles. The molecule has 0 bridgehead atoms. The third-order valence-electron chi connectivity index (χ3n) is 2.64. The van der Waals surface area contributed by atoms with Gasteiger partial charge in [0.05, 0.1) is 29.1 Å². The summed E-state index contributed by atoms with van der Waals surface area (Å²) in [5.41, 5.74) is 1.39. The Kier molecular flexibility index (Phi) is 4.75. The van der Waals surface area contributed by atoms with Gasteiger partial charge in [0, 0.05) is 32.3 Å². The van der Waals surface area contributed by atoms with Gasteiger partial charge in [-0.25, -0.2) is 4.68 Å². The van der Waals surface area contributed by atoms with Crippen molar-refractivity contribution in [2.24, 2.45) is 0 Å². The summed E-state index contributed by atoms with van der Waals surface area (Å²) < 4.78 is 6.44. The lowest BCUT2D eigenvalue weighted by Gasteiger charge is -2.00. The number of nitro benzene ring substituents is 1. The minimum Gasteiger partial charge on any atom is -0.383 e. The lowest BCUT2D eigenvalue weighted by atomic mass is 10.3. The summed E-state index contributed by atoms with van der Waals surface area (Å²) in [6.45, 7) is 1.91. The molecule has 20 heavy (non-hydrogen) atoms. The molecule has 0 fully saturated rings. The molecule has 0 aliphatic rings. The summed E-state index contributed by atoms with van der Waals surface area (Å²) in [5, 5.41) is 21.8. The average molecular weight is 277 g/mol. The number of non-ortho nitro benzene ring substituents is 1. The number of ether oxygens (including phenoxy) is 1. The van der Waals surface area contributed by atoms with Crippen LogP contribution in [-0.2, 0) is 11.3 Å². The van der Waals surface area contributed by atoms with Crippen LogP contribution in [0.3, 0.4) is 0 Å². The van der Waals surface area contributed by atoms with Crippen LogP contribution in [0.25, 0.3) is 5.69 Å². The lowest BCUT2D eigenvalue weighted by molar-refractivity contribution is -0.384. The van der Waals surface area contributed by atoms with Gasteiger partial charge < -0.3 is 10.1 Å². The van der Waals surface area contributed by atoms with E-state index in [4.69, 9.17) is 4.74 Å². The molecule has 1 N–H and O–H groups in total. The van der Waals surface area contributed by atoms with E-state index in [0.29, 0.717) is 18.8 Å². The van der Waals surface area contributed by atoms with Gasteiger partial charge in [0.2, 0.25) is 0 Å². The second-order valence-electron chi connectivity index (χ2n) is 4.10. The van der Waals surface area contributed by atoms with Crippen molar-refractivity contribution in [3.05, 3.63) is 46.3 Å². The van der Waals surface area contributed by atoms with Crippen LogP contribution in [0.5, 0.6) is 0 Å². The fraction of sp³-hybridized carbons (Fsp3) is 0.333. The van der Waals surface area contributed by atoms with Crippen LogP contribution >= 0.6 is 0 Å². The van der Waals surface area contributed by atoms with Crippen molar-refractivity contribution in [1.82, 2.24) is 20.3 Å². The van der Waals surface area contributed by atoms with Gasteiger partial charge in [-0.2, -0.15) is 0 Å². The highest BCUT2D eigenvalue weighted by Gasteiger charge is 2.08. The molecule has 8 heteroatoms. The smallest absolute Gasteiger partial charge is 0.271 e. The average Bonchev–Trinajstić information content (AvgIpc) is 2.92. The zero-order valence-corrected chi connectivity index (χ0v) is 11.0. The Morgan fingerprint density at radius 1 is 1.50 bits per heavy atom. The molecular weight excluding hydrogens is 262 g/mol. The highest BCUT2D eigenvalue weighted by atomic mass is 16.6. The lowest BCUT2D eigenvalue weighted by Crippen LogP contribution is -2.18. The molecule has 0 aliphatic carbocycles. The Morgan fingerprint density at radius 3 is 3.10 bits per heavy atom. The number of methoxy groups -OCH3 is 1. The van der Waals surface area contributed by atoms with E-state index in [2.05, 4.69) is 15.6 Å². The van der Waals surface area contributed by atoms with Crippen molar-refractivity contribution in [2.45, 2.75) is 6.54 Å². The number of hydrogen-bond acceptors (Lipinski definition) is 6. The molecule has 8 nitrogen and oxygen atoms in total. The Morgan fingerprint density at radius 2 is 2.35 bits per heavy atom. The predicted octanol–water partition coefficient (Wildman–Crippen LogP) is 0.911. The number of nitrogens with one attached hydrogen (secondary N) is 1. The summed E-state index contributed by atoms with van der Waals surface area (Å²) in [7, 11) is 1.64. The zero-order chi connectivity index (χ0) is 14.4. The molecule has 1 aromatic carbocycles. The van der Waals surface area contributed by atoms with Crippen molar-refractivity contribution in [3.8, 4) is 5.69 Å². The van der Waals surface area contributed by atoms with E-state index in [1.807, 2.05) is 0 Å². The second-order valence-corrected chi connectivity index (χ2v) is 4.10. The fourth-order valence-corrected chi connectivity index (χ4v) is 1.65. The summed E-state index contributed by atoms with van der Waals surface area (Å²) in [5.74, 6) is 0. The van der Waals surface area contributed by atoms with E-state index in [1.165, 1.54) is 16.8 Å². The van der Waals surface area contributed by atoms with E-state index < -0.39 is 4.92 Å². The zero-order valence-electron chi connectivity index (χ0n) is 11.0. The fourth-order valence-electron chi connectivity index (χ4n) is 1.65. The monoisotopic (exact) mass is 277 g/mol. The van der Waals surface area contributed by atoms with E-state index in [-0.39, 0.29) is 5.69 Å². The first-order valence-electron chi connectivity index (χ1n) is 6.06. The maximum Gasteiger partial charge on any atom is 0.271 e. The Bertz CT molecular complexity index is 584. The number of benzene rings is 1. The van der Waals surface area contributed by atoms with Gasteiger partial charge in [-0.3, -0.25) is 10.1 Å². The first-order valence-corrected chi connectivity index (χ1v) is 6.06. The Balaban J connectivity index is 2.04. The number of hydrogen-bond donors (Lipinski definition) is 1. The van der Waals surface area contributed by atoms with E-state index >= 15 is 0 Å². The Hall–Kier alpha value is -2.32. The molecule has 0 aliphatic heterocycles. The third kappa shape index (κ3) is 3.59. The van der Waals surface area contributed by atoms with Crippen LogP contribution in [0, 0.1) is 10.1 Å². The molecule has 1 aromatic heterocycles. The van der Waals surface area contributed by atoms with Crippen LogP contribution in [0.1, 0.15) is 5.69 Å². The molecule has 0 saturated heterocycles. The number of rotatable bonds is 7. The molecule has 0 radical (unpaired) electrons. The topological polar surface area (TPSA) is 95.1 Å². The first kappa shape index (κ1) is 14.1. The van der Waals surface area contributed by atoms with Crippen molar-refractivity contribution < 1.29 is 9.66 Å². The van der Waals surface area contributed by atoms with Crippen molar-refractivity contribution >= 4 is 5.69 Å². The molecule has 106 valence electrons. The third-order valence-corrected chi connectivity index (χ3v) is 2.64. The minimum absolute atomic E-state index is 0.0257. The summed E-state index contributed by atoms with van der Waals surface area (Å²) in [4.78, 5) is 10.3. The molecule has 0 atom stereocenters. The van der Waals surface area contributed by atoms with Gasteiger partial charge in [-0.05, 0) is 6.07 Å². The maximum absolute atomic E-state index is 10.7. The number of aromatic nitrogens is 3. The summed E-state index contributed by atoms with van der Waals surface area (Å²) in [6.07, 6.45) is 1.73. The van der Waals surface area contributed by atoms with Crippen molar-refractivity contribution in [1.29, 1.82) is 0 Å². The van der Waals surface area contributed by atoms with Gasteiger partial charge in [0.15, 0.2) is 0 Å². The predicted molar refractivity (Wildman–Crippen MR) is 71.6 cm³/mol. The van der Waals surface area contributed by atoms with Gasteiger partial charge in [-0.15, -0.1) is 5.10 Å². The van der Waals surface area contributed by atoms with Gasteiger partial charge in [0.1, 0.15) is 0 Å². The summed E-state index contributed by atoms with van der Waals surface area (Å²) in [6, 6.07) is 6.25. The van der Waals surface area contributed by atoms with Crippen LogP contribution in [0.15, 0.2) is 30.5 Å². The van der Waals surface area contributed by atoms with Gasteiger partial charge in [-0.1, -0.05) is 11.3 Å². The minimum atomic E-state index is -0.437. The molecule has 2 rings (SSSR count). The van der Waals surface area contributed by atoms with Gasteiger partial charge in [0.25, 0.3) is 5.69 Å². The standard InChI is InChI=1S/C12H15N5O3/c1-20-6-5-13-8-10-9-16(15-14-10)11-3-2-4-12(7-11)17(18)19/h2-4,7,9,13H,5-6,8H2,1H3.